The standard InChI is InChI=1S/C15H23N3O5S/c1-15(2,3)17-13(19)9-18(4)14(20)11-8-10(24(16,21)22)6-7-12(11)23-5/h6-8H,9H2,1-5H3,(H,17,19)(H2,16,21,22). The zero-order valence-electron chi connectivity index (χ0n) is 14.4. The normalized spacial score (nSPS) is 11.8. The molecule has 0 aromatic heterocycles. The Morgan fingerprint density at radius 1 is 1.29 bits per heavy atom. The molecule has 0 aliphatic rings. The van der Waals surface area contributed by atoms with Crippen molar-refractivity contribution in [1.82, 2.24) is 10.2 Å². The minimum absolute atomic E-state index is 0.00934. The number of nitrogens with zero attached hydrogens (tertiary/aromatic N) is 1. The molecule has 0 saturated heterocycles. The molecule has 0 spiro atoms. The number of primary sulfonamides is 1. The number of nitrogens with two attached hydrogens (primary N) is 1. The van der Waals surface area contributed by atoms with Gasteiger partial charge < -0.3 is 15.0 Å². The van der Waals surface area contributed by atoms with Crippen molar-refractivity contribution < 1.29 is 22.7 Å². The third-order valence-electron chi connectivity index (χ3n) is 2.97. The molecule has 2 amide bonds. The predicted octanol–water partition coefficient (Wildman–Crippen LogP) is 0.329. The van der Waals surface area contributed by atoms with Crippen molar-refractivity contribution in [1.29, 1.82) is 0 Å². The SMILES string of the molecule is COc1ccc(S(N)(=O)=O)cc1C(=O)N(C)CC(=O)NC(C)(C)C. The molecule has 0 fully saturated rings. The van der Waals surface area contributed by atoms with E-state index >= 15 is 0 Å². The van der Waals surface area contributed by atoms with Gasteiger partial charge in [-0.3, -0.25) is 9.59 Å². The molecule has 0 aliphatic carbocycles. The molecule has 24 heavy (non-hydrogen) atoms. The van der Waals surface area contributed by atoms with Crippen LogP contribution in [0.2, 0.25) is 0 Å². The summed E-state index contributed by atoms with van der Waals surface area (Å²) in [5.41, 5.74) is -0.415. The van der Waals surface area contributed by atoms with E-state index in [4.69, 9.17) is 9.88 Å². The van der Waals surface area contributed by atoms with Gasteiger partial charge in [0, 0.05) is 12.6 Å². The number of carbonyl (C=O) groups is 2. The van der Waals surface area contributed by atoms with E-state index in [1.165, 1.54) is 31.2 Å². The fourth-order valence-electron chi connectivity index (χ4n) is 1.98. The van der Waals surface area contributed by atoms with Crippen LogP contribution in [0.25, 0.3) is 0 Å². The van der Waals surface area contributed by atoms with E-state index < -0.39 is 21.5 Å². The van der Waals surface area contributed by atoms with Crippen molar-refractivity contribution >= 4 is 21.8 Å². The molecule has 134 valence electrons. The molecule has 9 heteroatoms. The van der Waals surface area contributed by atoms with Gasteiger partial charge in [0.05, 0.1) is 24.1 Å². The second-order valence-electron chi connectivity index (χ2n) is 6.37. The second-order valence-corrected chi connectivity index (χ2v) is 7.93. The number of amides is 2. The summed E-state index contributed by atoms with van der Waals surface area (Å²) in [6.07, 6.45) is 0. The topological polar surface area (TPSA) is 119 Å². The number of ether oxygens (including phenoxy) is 1. The Balaban J connectivity index is 3.07. The molecule has 0 atom stereocenters. The van der Waals surface area contributed by atoms with Gasteiger partial charge in [0.2, 0.25) is 15.9 Å². The molecule has 3 N–H and O–H groups in total. The predicted molar refractivity (Wildman–Crippen MR) is 89.2 cm³/mol. The highest BCUT2D eigenvalue weighted by molar-refractivity contribution is 7.89. The Morgan fingerprint density at radius 2 is 1.88 bits per heavy atom. The zero-order valence-corrected chi connectivity index (χ0v) is 15.2. The molecule has 8 nitrogen and oxygen atoms in total. The Morgan fingerprint density at radius 3 is 2.33 bits per heavy atom. The van der Waals surface area contributed by atoms with Crippen LogP contribution >= 0.6 is 0 Å². The van der Waals surface area contributed by atoms with Crippen LogP contribution in [0.3, 0.4) is 0 Å². The van der Waals surface area contributed by atoms with Gasteiger partial charge in [-0.25, -0.2) is 13.6 Å². The van der Waals surface area contributed by atoms with E-state index in [2.05, 4.69) is 5.32 Å². The molecule has 0 radical (unpaired) electrons. The van der Waals surface area contributed by atoms with Crippen molar-refractivity contribution in [2.24, 2.45) is 5.14 Å². The van der Waals surface area contributed by atoms with Crippen LogP contribution in [0.1, 0.15) is 31.1 Å². The highest BCUT2D eigenvalue weighted by atomic mass is 32.2. The smallest absolute Gasteiger partial charge is 0.257 e. The maximum atomic E-state index is 12.5. The Labute approximate surface area is 142 Å². The maximum Gasteiger partial charge on any atom is 0.257 e. The molecular weight excluding hydrogens is 334 g/mol. The van der Waals surface area contributed by atoms with E-state index in [0.29, 0.717) is 0 Å². The van der Waals surface area contributed by atoms with Gasteiger partial charge in [-0.1, -0.05) is 0 Å². The lowest BCUT2D eigenvalue weighted by molar-refractivity contribution is -0.122. The number of hydrogen-bond donors (Lipinski definition) is 2. The zero-order chi connectivity index (χ0) is 18.7. The van der Waals surface area contributed by atoms with Gasteiger partial charge >= 0.3 is 0 Å². The molecular formula is C15H23N3O5S. The number of methoxy groups -OCH3 is 1. The average molecular weight is 357 g/mol. The lowest BCUT2D eigenvalue weighted by Crippen LogP contribution is -2.46. The minimum atomic E-state index is -3.96. The summed E-state index contributed by atoms with van der Waals surface area (Å²) in [5, 5.41) is 7.83. The lowest BCUT2D eigenvalue weighted by Gasteiger charge is -2.24. The number of hydrogen-bond acceptors (Lipinski definition) is 5. The summed E-state index contributed by atoms with van der Waals surface area (Å²) in [6, 6.07) is 3.72. The summed E-state index contributed by atoms with van der Waals surface area (Å²) in [7, 11) is -1.17. The largest absolute Gasteiger partial charge is 0.496 e. The van der Waals surface area contributed by atoms with E-state index in [0.717, 1.165) is 6.07 Å². The van der Waals surface area contributed by atoms with Gasteiger partial charge in [0.25, 0.3) is 5.91 Å². The monoisotopic (exact) mass is 357 g/mol. The molecule has 0 heterocycles. The summed E-state index contributed by atoms with van der Waals surface area (Å²) in [6.45, 7) is 5.29. The van der Waals surface area contributed by atoms with Gasteiger partial charge in [0.15, 0.2) is 0 Å². The molecule has 0 saturated carbocycles. The minimum Gasteiger partial charge on any atom is -0.496 e. The highest BCUT2D eigenvalue weighted by Crippen LogP contribution is 2.23. The first-order valence-corrected chi connectivity index (χ1v) is 8.67. The number of benzene rings is 1. The summed E-state index contributed by atoms with van der Waals surface area (Å²) >= 11 is 0. The van der Waals surface area contributed by atoms with Crippen LogP contribution in [0.15, 0.2) is 23.1 Å². The van der Waals surface area contributed by atoms with Crippen LogP contribution in [-0.4, -0.2) is 51.4 Å². The van der Waals surface area contributed by atoms with Crippen LogP contribution in [0.5, 0.6) is 5.75 Å². The van der Waals surface area contributed by atoms with Crippen molar-refractivity contribution in [3.8, 4) is 5.75 Å². The average Bonchev–Trinajstić information content (AvgIpc) is 2.42. The first kappa shape index (κ1) is 19.9. The summed E-state index contributed by atoms with van der Waals surface area (Å²) < 4.78 is 28.0. The number of carbonyl (C=O) groups excluding carboxylic acids is 2. The van der Waals surface area contributed by atoms with Gasteiger partial charge in [-0.15, -0.1) is 0 Å². The van der Waals surface area contributed by atoms with E-state index in [1.807, 2.05) is 20.8 Å². The van der Waals surface area contributed by atoms with Crippen LogP contribution < -0.4 is 15.2 Å². The van der Waals surface area contributed by atoms with E-state index in [9.17, 15) is 18.0 Å². The van der Waals surface area contributed by atoms with Crippen LogP contribution in [-0.2, 0) is 14.8 Å². The quantitative estimate of drug-likeness (QED) is 0.787. The fraction of sp³-hybridized carbons (Fsp3) is 0.467. The number of sulfonamides is 1. The second kappa shape index (κ2) is 7.18. The van der Waals surface area contributed by atoms with Crippen molar-refractivity contribution in [2.75, 3.05) is 20.7 Å². The van der Waals surface area contributed by atoms with Crippen LogP contribution in [0.4, 0.5) is 0 Å². The Kier molecular flexibility index (Phi) is 5.96. The van der Waals surface area contributed by atoms with Gasteiger partial charge in [0.1, 0.15) is 5.75 Å². The summed E-state index contributed by atoms with van der Waals surface area (Å²) in [4.78, 5) is 25.4. The van der Waals surface area contributed by atoms with Crippen molar-refractivity contribution in [3.63, 3.8) is 0 Å². The third-order valence-corrected chi connectivity index (χ3v) is 3.88. The van der Waals surface area contributed by atoms with Gasteiger partial charge in [-0.2, -0.15) is 0 Å². The fourth-order valence-corrected chi connectivity index (χ4v) is 2.52. The first-order chi connectivity index (χ1) is 10.8. The number of likely N-dealkylation sites (N-methyl/N-ethyl adjacent to an activating group) is 1. The maximum absolute atomic E-state index is 12.5. The number of nitrogens with one attached hydrogen (secondary N) is 1. The molecule has 0 aliphatic heterocycles. The number of rotatable bonds is 5. The van der Waals surface area contributed by atoms with Crippen LogP contribution in [0, 0.1) is 0 Å². The lowest BCUT2D eigenvalue weighted by atomic mass is 10.1. The highest BCUT2D eigenvalue weighted by Gasteiger charge is 2.23. The molecule has 1 rings (SSSR count). The molecule has 1 aromatic carbocycles. The Hall–Kier alpha value is -2.13. The third kappa shape index (κ3) is 5.50. The first-order valence-electron chi connectivity index (χ1n) is 7.12. The van der Waals surface area contributed by atoms with Gasteiger partial charge in [-0.05, 0) is 39.0 Å². The van der Waals surface area contributed by atoms with E-state index in [-0.39, 0.29) is 28.7 Å². The molecule has 0 unspecified atom stereocenters. The molecule has 0 bridgehead atoms. The summed E-state index contributed by atoms with van der Waals surface area (Å²) in [5.74, 6) is -0.697. The van der Waals surface area contributed by atoms with Crippen molar-refractivity contribution in [2.45, 2.75) is 31.2 Å². The molecule has 1 aromatic rings. The van der Waals surface area contributed by atoms with Crippen molar-refractivity contribution in [3.05, 3.63) is 23.8 Å². The van der Waals surface area contributed by atoms with E-state index in [1.54, 1.807) is 0 Å². The Bertz CT molecular complexity index is 738.